The first kappa shape index (κ1) is 12.3. The van der Waals surface area contributed by atoms with Gasteiger partial charge >= 0.3 is 5.97 Å². The number of hydrogen-bond donors (Lipinski definition) is 2. The summed E-state index contributed by atoms with van der Waals surface area (Å²) in [5, 5.41) is 11.6. The Morgan fingerprint density at radius 2 is 1.94 bits per heavy atom. The van der Waals surface area contributed by atoms with Crippen LogP contribution >= 0.6 is 0 Å². The minimum absolute atomic E-state index is 0.0675. The molecule has 0 aromatic heterocycles. The molecular formula is C10H15NO5S. The average Bonchev–Trinajstić information content (AvgIpc) is 2.42. The summed E-state index contributed by atoms with van der Waals surface area (Å²) in [5.41, 5.74) is -1.31. The third-order valence-electron chi connectivity index (χ3n) is 3.62. The molecule has 1 atom stereocenters. The van der Waals surface area contributed by atoms with Crippen LogP contribution in [0, 0.1) is 5.41 Å². The number of aliphatic carboxylic acids is 1. The Morgan fingerprint density at radius 1 is 1.29 bits per heavy atom. The lowest BCUT2D eigenvalue weighted by atomic mass is 9.68. The molecule has 2 aliphatic rings. The van der Waals surface area contributed by atoms with Crippen molar-refractivity contribution in [2.24, 2.45) is 5.41 Å². The highest BCUT2D eigenvalue weighted by Gasteiger charge is 2.51. The van der Waals surface area contributed by atoms with Crippen molar-refractivity contribution in [1.82, 2.24) is 5.32 Å². The molecular weight excluding hydrogens is 246 g/mol. The number of carboxylic acids is 1. The van der Waals surface area contributed by atoms with Crippen LogP contribution in [0.15, 0.2) is 0 Å². The largest absolute Gasteiger partial charge is 0.480 e. The van der Waals surface area contributed by atoms with Crippen LogP contribution in [0.3, 0.4) is 0 Å². The van der Waals surface area contributed by atoms with Gasteiger partial charge in [0.15, 0.2) is 9.84 Å². The van der Waals surface area contributed by atoms with E-state index in [4.69, 9.17) is 5.11 Å². The van der Waals surface area contributed by atoms with E-state index in [2.05, 4.69) is 5.32 Å². The molecule has 17 heavy (non-hydrogen) atoms. The second-order valence-corrected chi connectivity index (χ2v) is 7.04. The lowest BCUT2D eigenvalue weighted by Gasteiger charge is -2.36. The summed E-state index contributed by atoms with van der Waals surface area (Å²) >= 11 is 0. The predicted molar refractivity (Wildman–Crippen MR) is 59.1 cm³/mol. The first-order chi connectivity index (χ1) is 7.86. The third-order valence-corrected chi connectivity index (χ3v) is 5.39. The maximum absolute atomic E-state index is 11.9. The number of rotatable bonds is 3. The molecule has 96 valence electrons. The maximum atomic E-state index is 11.9. The number of carbonyl (C=O) groups excluding carboxylic acids is 1. The fourth-order valence-corrected chi connectivity index (χ4v) is 3.97. The van der Waals surface area contributed by atoms with E-state index in [1.165, 1.54) is 0 Å². The van der Waals surface area contributed by atoms with Gasteiger partial charge < -0.3 is 10.4 Å². The lowest BCUT2D eigenvalue weighted by molar-refractivity contribution is -0.162. The second kappa shape index (κ2) is 3.97. The lowest BCUT2D eigenvalue weighted by Crippen LogP contribution is -2.53. The van der Waals surface area contributed by atoms with Crippen LogP contribution in [-0.4, -0.2) is 42.9 Å². The summed E-state index contributed by atoms with van der Waals surface area (Å²) in [6.45, 7) is 0. The monoisotopic (exact) mass is 261 g/mol. The molecule has 0 aromatic rings. The summed E-state index contributed by atoms with van der Waals surface area (Å²) in [6.07, 6.45) is 1.79. The summed E-state index contributed by atoms with van der Waals surface area (Å²) in [6, 6.07) is -0.427. The Bertz CT molecular complexity index is 451. The molecule has 2 N–H and O–H groups in total. The minimum atomic E-state index is -3.06. The average molecular weight is 261 g/mol. The van der Waals surface area contributed by atoms with Crippen LogP contribution in [0.1, 0.15) is 25.7 Å². The number of amides is 1. The molecule has 2 fully saturated rings. The first-order valence-electron chi connectivity index (χ1n) is 5.60. The number of nitrogens with one attached hydrogen (secondary N) is 1. The Hall–Kier alpha value is -1.11. The van der Waals surface area contributed by atoms with E-state index in [-0.39, 0.29) is 11.5 Å². The summed E-state index contributed by atoms with van der Waals surface area (Å²) in [7, 11) is -3.06. The quantitative estimate of drug-likeness (QED) is 0.670. The summed E-state index contributed by atoms with van der Waals surface area (Å²) in [5.74, 6) is -1.65. The van der Waals surface area contributed by atoms with Gasteiger partial charge in [-0.05, 0) is 19.3 Å². The number of hydrogen-bond acceptors (Lipinski definition) is 4. The van der Waals surface area contributed by atoms with Crippen LogP contribution in [0.2, 0.25) is 0 Å². The zero-order valence-corrected chi connectivity index (χ0v) is 10.1. The molecule has 1 aliphatic carbocycles. The van der Waals surface area contributed by atoms with Gasteiger partial charge in [0, 0.05) is 6.04 Å². The van der Waals surface area contributed by atoms with Crippen molar-refractivity contribution in [3.05, 3.63) is 0 Å². The van der Waals surface area contributed by atoms with Gasteiger partial charge in [-0.2, -0.15) is 0 Å². The van der Waals surface area contributed by atoms with Crippen LogP contribution in [0.4, 0.5) is 0 Å². The van der Waals surface area contributed by atoms with E-state index in [0.717, 1.165) is 6.42 Å². The molecule has 1 unspecified atom stereocenters. The highest BCUT2D eigenvalue weighted by Crippen LogP contribution is 2.41. The molecule has 1 saturated heterocycles. The third kappa shape index (κ3) is 2.15. The Balaban J connectivity index is 2.00. The van der Waals surface area contributed by atoms with Crippen molar-refractivity contribution in [3.8, 4) is 0 Å². The molecule has 2 rings (SSSR count). The van der Waals surface area contributed by atoms with Gasteiger partial charge in [-0.1, -0.05) is 6.42 Å². The smallest absolute Gasteiger partial charge is 0.319 e. The van der Waals surface area contributed by atoms with Crippen molar-refractivity contribution >= 4 is 21.7 Å². The predicted octanol–water partition coefficient (Wildman–Crippen LogP) is -0.455. The van der Waals surface area contributed by atoms with Crippen LogP contribution in [-0.2, 0) is 19.4 Å². The molecule has 0 bridgehead atoms. The number of sulfone groups is 1. The molecule has 7 heteroatoms. The Morgan fingerprint density at radius 3 is 2.29 bits per heavy atom. The second-order valence-electron chi connectivity index (χ2n) is 4.81. The first-order valence-corrected chi connectivity index (χ1v) is 7.43. The highest BCUT2D eigenvalue weighted by atomic mass is 32.2. The Labute approximate surface area is 99.3 Å². The molecule has 1 saturated carbocycles. The zero-order valence-electron chi connectivity index (χ0n) is 9.31. The zero-order chi connectivity index (χ0) is 12.7. The summed E-state index contributed by atoms with van der Waals surface area (Å²) in [4.78, 5) is 22.9. The molecule has 6 nitrogen and oxygen atoms in total. The SMILES string of the molecule is O=C(O)C1(C(=O)NC2CCS(=O)(=O)C2)CCC1. The fraction of sp³-hybridized carbons (Fsp3) is 0.800. The van der Waals surface area contributed by atoms with Crippen molar-refractivity contribution in [3.63, 3.8) is 0 Å². The molecule has 1 amide bonds. The topological polar surface area (TPSA) is 101 Å². The molecule has 0 radical (unpaired) electrons. The van der Waals surface area contributed by atoms with Gasteiger partial charge in [0.2, 0.25) is 5.91 Å². The van der Waals surface area contributed by atoms with Gasteiger partial charge in [-0.15, -0.1) is 0 Å². The number of carboxylic acid groups (broad SMARTS) is 1. The normalized spacial score (nSPS) is 29.3. The van der Waals surface area contributed by atoms with Crippen molar-refractivity contribution < 1.29 is 23.1 Å². The molecule has 0 aromatic carbocycles. The molecule has 1 heterocycles. The molecule has 1 aliphatic heterocycles. The van der Waals surface area contributed by atoms with Crippen molar-refractivity contribution in [2.75, 3.05) is 11.5 Å². The van der Waals surface area contributed by atoms with Crippen molar-refractivity contribution in [2.45, 2.75) is 31.7 Å². The standard InChI is InChI=1S/C10H15NO5S/c12-8(10(9(13)14)3-1-4-10)11-7-2-5-17(15,16)6-7/h7H,1-6H2,(H,11,12)(H,13,14). The fourth-order valence-electron chi connectivity index (χ4n) is 2.30. The van der Waals surface area contributed by atoms with E-state index < -0.39 is 33.2 Å². The van der Waals surface area contributed by atoms with Crippen LogP contribution < -0.4 is 5.32 Å². The molecule has 0 spiro atoms. The Kier molecular flexibility index (Phi) is 2.89. The highest BCUT2D eigenvalue weighted by molar-refractivity contribution is 7.91. The van der Waals surface area contributed by atoms with Crippen LogP contribution in [0.5, 0.6) is 0 Å². The van der Waals surface area contributed by atoms with E-state index in [1.54, 1.807) is 0 Å². The van der Waals surface area contributed by atoms with Gasteiger partial charge in [0.25, 0.3) is 0 Å². The van der Waals surface area contributed by atoms with E-state index >= 15 is 0 Å². The summed E-state index contributed by atoms with van der Waals surface area (Å²) < 4.78 is 22.4. The van der Waals surface area contributed by atoms with Gasteiger partial charge in [0.1, 0.15) is 5.41 Å². The van der Waals surface area contributed by atoms with E-state index in [0.29, 0.717) is 19.3 Å². The van der Waals surface area contributed by atoms with Crippen LogP contribution in [0.25, 0.3) is 0 Å². The van der Waals surface area contributed by atoms with E-state index in [9.17, 15) is 18.0 Å². The van der Waals surface area contributed by atoms with Gasteiger partial charge in [-0.3, -0.25) is 9.59 Å². The van der Waals surface area contributed by atoms with Crippen molar-refractivity contribution in [1.29, 1.82) is 0 Å². The number of carbonyl (C=O) groups is 2. The van der Waals surface area contributed by atoms with E-state index in [1.807, 2.05) is 0 Å². The van der Waals surface area contributed by atoms with Gasteiger partial charge in [-0.25, -0.2) is 8.42 Å². The van der Waals surface area contributed by atoms with Gasteiger partial charge in [0.05, 0.1) is 11.5 Å². The minimum Gasteiger partial charge on any atom is -0.480 e. The maximum Gasteiger partial charge on any atom is 0.319 e.